The van der Waals surface area contributed by atoms with Crippen molar-refractivity contribution in [2.24, 2.45) is 5.73 Å². The summed E-state index contributed by atoms with van der Waals surface area (Å²) in [5.41, 5.74) is 16.8. The van der Waals surface area contributed by atoms with Gasteiger partial charge in [-0.3, -0.25) is 24.6 Å². The summed E-state index contributed by atoms with van der Waals surface area (Å²) in [4.78, 5) is 32.9. The lowest BCUT2D eigenvalue weighted by Gasteiger charge is -2.07. The molecule has 0 saturated carbocycles. The third kappa shape index (κ3) is 4.64. The minimum absolute atomic E-state index is 0.0161. The Morgan fingerprint density at radius 3 is 2.30 bits per heavy atom. The molecule has 3 aromatic rings. The van der Waals surface area contributed by atoms with Crippen LogP contribution in [0.5, 0.6) is 5.75 Å². The number of nitrogen functional groups attached to an aromatic ring is 2. The minimum atomic E-state index is -1.06. The number of anilines is 2. The Labute approximate surface area is 152 Å². The van der Waals surface area contributed by atoms with E-state index in [-0.39, 0.29) is 34.4 Å². The molecule has 10 heteroatoms. The number of carbonyl (C=O) groups is 1. The minimum Gasteiger partial charge on any atom is -0.506 e. The van der Waals surface area contributed by atoms with Gasteiger partial charge in [-0.1, -0.05) is 12.1 Å². The molecular formula is C17H19N5O5. The highest BCUT2D eigenvalue weighted by atomic mass is 16.4. The first-order chi connectivity index (χ1) is 12.7. The van der Waals surface area contributed by atoms with Gasteiger partial charge in [-0.05, 0) is 36.2 Å². The predicted molar refractivity (Wildman–Crippen MR) is 101 cm³/mol. The second kappa shape index (κ2) is 8.06. The van der Waals surface area contributed by atoms with Crippen molar-refractivity contribution in [2.75, 3.05) is 11.5 Å². The standard InChI is InChI=1S/C9H12N2O3.C8H7N3O2/c10-6-3-5(1-2-8(6)12)4-7(11)9(13)14;9-5-3-1-2-4-6(5)8(13)11-10-7(4)12/h1-3,7,12H,4,10-11H2,(H,13,14);1-3H,9H2,(H,10,12)(H,11,13)/t7-;/m0./s1. The van der Waals surface area contributed by atoms with Gasteiger partial charge >= 0.3 is 5.97 Å². The number of hydrogen-bond donors (Lipinski definition) is 7. The summed E-state index contributed by atoms with van der Waals surface area (Å²) in [6, 6.07) is 8.34. The van der Waals surface area contributed by atoms with Crippen LogP contribution < -0.4 is 28.3 Å². The number of aromatic hydroxyl groups is 1. The fraction of sp³-hybridized carbons (Fsp3) is 0.118. The number of aromatic amines is 2. The van der Waals surface area contributed by atoms with Gasteiger partial charge in [-0.2, -0.15) is 0 Å². The molecule has 142 valence electrons. The van der Waals surface area contributed by atoms with E-state index in [0.717, 1.165) is 0 Å². The highest BCUT2D eigenvalue weighted by molar-refractivity contribution is 5.91. The first-order valence-corrected chi connectivity index (χ1v) is 7.75. The molecule has 2 aromatic carbocycles. The highest BCUT2D eigenvalue weighted by Gasteiger charge is 2.12. The Balaban J connectivity index is 0.000000194. The third-order valence-electron chi connectivity index (χ3n) is 3.72. The summed E-state index contributed by atoms with van der Waals surface area (Å²) in [6.07, 6.45) is 0.194. The Morgan fingerprint density at radius 1 is 1.04 bits per heavy atom. The first-order valence-electron chi connectivity index (χ1n) is 7.75. The van der Waals surface area contributed by atoms with Crippen LogP contribution in [-0.4, -0.2) is 32.4 Å². The van der Waals surface area contributed by atoms with Crippen LogP contribution in [0.1, 0.15) is 5.56 Å². The molecule has 27 heavy (non-hydrogen) atoms. The first kappa shape index (κ1) is 19.5. The molecule has 1 atom stereocenters. The van der Waals surface area contributed by atoms with E-state index < -0.39 is 12.0 Å². The van der Waals surface area contributed by atoms with Crippen LogP contribution in [0.15, 0.2) is 46.0 Å². The van der Waals surface area contributed by atoms with Gasteiger partial charge in [-0.15, -0.1) is 0 Å². The van der Waals surface area contributed by atoms with Gasteiger partial charge in [0.25, 0.3) is 11.1 Å². The number of nitrogens with one attached hydrogen (secondary N) is 2. The fourth-order valence-corrected chi connectivity index (χ4v) is 2.33. The van der Waals surface area contributed by atoms with Crippen molar-refractivity contribution in [3.8, 4) is 5.75 Å². The second-order valence-electron chi connectivity index (χ2n) is 5.72. The average molecular weight is 373 g/mol. The van der Waals surface area contributed by atoms with Crippen molar-refractivity contribution in [3.63, 3.8) is 0 Å². The lowest BCUT2D eigenvalue weighted by molar-refractivity contribution is -0.138. The van der Waals surface area contributed by atoms with E-state index in [9.17, 15) is 14.4 Å². The van der Waals surface area contributed by atoms with Crippen LogP contribution in [0.25, 0.3) is 10.8 Å². The molecule has 3 rings (SSSR count). The average Bonchev–Trinajstić information content (AvgIpc) is 2.62. The number of fused-ring (bicyclic) bond motifs is 1. The quantitative estimate of drug-likeness (QED) is 0.240. The van der Waals surface area contributed by atoms with E-state index in [0.29, 0.717) is 16.6 Å². The number of H-pyrrole nitrogens is 2. The number of nitrogens with two attached hydrogens (primary N) is 3. The number of carboxylic acids is 1. The van der Waals surface area contributed by atoms with E-state index in [1.807, 2.05) is 0 Å². The number of aliphatic carboxylic acids is 1. The normalized spacial score (nSPS) is 11.4. The van der Waals surface area contributed by atoms with E-state index >= 15 is 0 Å². The molecule has 0 amide bonds. The molecule has 0 spiro atoms. The van der Waals surface area contributed by atoms with Gasteiger partial charge in [0.2, 0.25) is 0 Å². The van der Waals surface area contributed by atoms with Gasteiger partial charge in [0.05, 0.1) is 16.5 Å². The Kier molecular flexibility index (Phi) is 5.83. The zero-order valence-corrected chi connectivity index (χ0v) is 14.1. The van der Waals surface area contributed by atoms with Crippen molar-refractivity contribution in [1.29, 1.82) is 0 Å². The van der Waals surface area contributed by atoms with Gasteiger partial charge in [0.15, 0.2) is 0 Å². The number of phenolic OH excluding ortho intramolecular Hbond substituents is 1. The molecule has 0 aliphatic rings. The van der Waals surface area contributed by atoms with Crippen molar-refractivity contribution < 1.29 is 15.0 Å². The largest absolute Gasteiger partial charge is 0.506 e. The molecular weight excluding hydrogens is 354 g/mol. The SMILES string of the molecule is Nc1cc(C[C@H](N)C(=O)O)ccc1O.Nc1cccc2c(=O)[nH][nH]c(=O)c12. The number of rotatable bonds is 3. The maximum atomic E-state index is 11.2. The molecule has 0 aliphatic heterocycles. The topological polar surface area (TPSA) is 201 Å². The molecule has 10 N–H and O–H groups in total. The van der Waals surface area contributed by atoms with Crippen LogP contribution in [0.4, 0.5) is 11.4 Å². The van der Waals surface area contributed by atoms with Gasteiger partial charge < -0.3 is 27.4 Å². The molecule has 0 fully saturated rings. The van der Waals surface area contributed by atoms with Crippen molar-refractivity contribution in [1.82, 2.24) is 10.2 Å². The number of hydrogen-bond acceptors (Lipinski definition) is 7. The second-order valence-corrected chi connectivity index (χ2v) is 5.72. The third-order valence-corrected chi connectivity index (χ3v) is 3.72. The molecule has 10 nitrogen and oxygen atoms in total. The number of phenols is 1. The van der Waals surface area contributed by atoms with Crippen LogP contribution >= 0.6 is 0 Å². The zero-order valence-electron chi connectivity index (χ0n) is 14.1. The van der Waals surface area contributed by atoms with Crippen LogP contribution in [0, 0.1) is 0 Å². The van der Waals surface area contributed by atoms with Crippen molar-refractivity contribution in [3.05, 3.63) is 62.7 Å². The lowest BCUT2D eigenvalue weighted by Crippen LogP contribution is -2.32. The molecule has 0 saturated heterocycles. The summed E-state index contributed by atoms with van der Waals surface area (Å²) in [6.45, 7) is 0. The molecule has 0 aliphatic carbocycles. The van der Waals surface area contributed by atoms with E-state index in [1.54, 1.807) is 24.3 Å². The molecule has 1 heterocycles. The predicted octanol–water partition coefficient (Wildman–Crippen LogP) is -0.273. The van der Waals surface area contributed by atoms with Gasteiger partial charge in [0, 0.05) is 5.69 Å². The van der Waals surface area contributed by atoms with Crippen molar-refractivity contribution >= 4 is 28.1 Å². The Bertz CT molecular complexity index is 1090. The van der Waals surface area contributed by atoms with Crippen LogP contribution in [-0.2, 0) is 11.2 Å². The zero-order chi connectivity index (χ0) is 20.1. The summed E-state index contributed by atoms with van der Waals surface area (Å²) in [7, 11) is 0. The van der Waals surface area contributed by atoms with Crippen molar-refractivity contribution in [2.45, 2.75) is 12.5 Å². The van der Waals surface area contributed by atoms with Gasteiger partial charge in [0.1, 0.15) is 11.8 Å². The fourth-order valence-electron chi connectivity index (χ4n) is 2.33. The highest BCUT2D eigenvalue weighted by Crippen LogP contribution is 2.20. The monoisotopic (exact) mass is 373 g/mol. The summed E-state index contributed by atoms with van der Waals surface area (Å²) >= 11 is 0. The van der Waals surface area contributed by atoms with Crippen LogP contribution in [0.3, 0.4) is 0 Å². The molecule has 0 bridgehead atoms. The number of benzene rings is 2. The lowest BCUT2D eigenvalue weighted by atomic mass is 10.1. The molecule has 0 unspecified atom stereocenters. The maximum absolute atomic E-state index is 11.2. The van der Waals surface area contributed by atoms with Gasteiger partial charge in [-0.25, -0.2) is 0 Å². The molecule has 1 aromatic heterocycles. The Morgan fingerprint density at radius 2 is 1.70 bits per heavy atom. The van der Waals surface area contributed by atoms with E-state index in [2.05, 4.69) is 10.2 Å². The number of carboxylic acid groups (broad SMARTS) is 1. The summed E-state index contributed by atoms with van der Waals surface area (Å²) < 4.78 is 0. The van der Waals surface area contributed by atoms with Crippen LogP contribution in [0.2, 0.25) is 0 Å². The van der Waals surface area contributed by atoms with E-state index in [4.69, 9.17) is 27.4 Å². The maximum Gasteiger partial charge on any atom is 0.320 e. The number of aromatic nitrogens is 2. The van der Waals surface area contributed by atoms with E-state index in [1.165, 1.54) is 12.1 Å². The summed E-state index contributed by atoms with van der Waals surface area (Å²) in [5.74, 6) is -1.07. The Hall–Kier alpha value is -3.79. The molecule has 0 radical (unpaired) electrons. The summed E-state index contributed by atoms with van der Waals surface area (Å²) in [5, 5.41) is 22.7. The smallest absolute Gasteiger partial charge is 0.320 e.